The lowest BCUT2D eigenvalue weighted by Gasteiger charge is -1.99. The summed E-state index contributed by atoms with van der Waals surface area (Å²) in [6.45, 7) is 2.13. The number of pyridine rings is 1. The van der Waals surface area contributed by atoms with E-state index in [0.29, 0.717) is 0 Å². The van der Waals surface area contributed by atoms with Gasteiger partial charge < -0.3 is 0 Å². The molecule has 0 amide bonds. The molecule has 2 nitrogen and oxygen atoms in total. The zero-order chi connectivity index (χ0) is 11.7. The molecular formula is C14H16N2S. The Hall–Kier alpha value is -1.22. The van der Waals surface area contributed by atoms with Crippen LogP contribution in [-0.2, 0) is 12.8 Å². The van der Waals surface area contributed by atoms with Crippen molar-refractivity contribution < 1.29 is 0 Å². The van der Waals surface area contributed by atoms with Gasteiger partial charge in [-0.15, -0.1) is 11.3 Å². The highest BCUT2D eigenvalue weighted by molar-refractivity contribution is 7.15. The summed E-state index contributed by atoms with van der Waals surface area (Å²) in [4.78, 5) is 10.5. The maximum absolute atomic E-state index is 4.82. The summed E-state index contributed by atoms with van der Waals surface area (Å²) < 4.78 is 0. The van der Waals surface area contributed by atoms with Gasteiger partial charge in [-0.1, -0.05) is 6.42 Å². The first-order valence-electron chi connectivity index (χ1n) is 6.24. The molecule has 3 heteroatoms. The number of thiazole rings is 1. The number of rotatable bonds is 1. The minimum atomic E-state index is 1.16. The summed E-state index contributed by atoms with van der Waals surface area (Å²) in [6.07, 6.45) is 10.1. The fraction of sp³-hybridized carbons (Fsp3) is 0.429. The third-order valence-electron chi connectivity index (χ3n) is 3.37. The van der Waals surface area contributed by atoms with Gasteiger partial charge >= 0.3 is 0 Å². The molecule has 0 spiro atoms. The second kappa shape index (κ2) is 4.57. The highest BCUT2D eigenvalue weighted by Crippen LogP contribution is 2.32. The maximum Gasteiger partial charge on any atom is 0.125 e. The van der Waals surface area contributed by atoms with Crippen molar-refractivity contribution in [2.45, 2.75) is 39.0 Å². The predicted octanol–water partition coefficient (Wildman–Crippen LogP) is 3.78. The minimum Gasteiger partial charge on any atom is -0.264 e. The van der Waals surface area contributed by atoms with E-state index in [0.717, 1.165) is 11.4 Å². The molecule has 2 aromatic rings. The molecule has 17 heavy (non-hydrogen) atoms. The summed E-state index contributed by atoms with van der Waals surface area (Å²) in [5, 5.41) is 1.16. The minimum absolute atomic E-state index is 1.16. The van der Waals surface area contributed by atoms with E-state index in [1.54, 1.807) is 0 Å². The van der Waals surface area contributed by atoms with Crippen molar-refractivity contribution in [2.75, 3.05) is 0 Å². The number of nitrogens with zero attached hydrogens (tertiary/aromatic N) is 2. The molecule has 0 radical (unpaired) electrons. The highest BCUT2D eigenvalue weighted by atomic mass is 32.1. The van der Waals surface area contributed by atoms with Crippen molar-refractivity contribution in [3.63, 3.8) is 0 Å². The van der Waals surface area contributed by atoms with Gasteiger partial charge in [0.2, 0.25) is 0 Å². The largest absolute Gasteiger partial charge is 0.264 e. The van der Waals surface area contributed by atoms with Crippen LogP contribution in [0.5, 0.6) is 0 Å². The Morgan fingerprint density at radius 1 is 1.18 bits per heavy atom. The lowest BCUT2D eigenvalue weighted by molar-refractivity contribution is 0.709. The number of aromatic nitrogens is 2. The van der Waals surface area contributed by atoms with Gasteiger partial charge in [0.15, 0.2) is 0 Å². The Morgan fingerprint density at radius 2 is 2.06 bits per heavy atom. The molecule has 88 valence electrons. The topological polar surface area (TPSA) is 25.8 Å². The van der Waals surface area contributed by atoms with Crippen LogP contribution in [0.15, 0.2) is 18.5 Å². The number of aryl methyl sites for hydroxylation is 3. The molecule has 0 N–H and O–H groups in total. The van der Waals surface area contributed by atoms with Crippen LogP contribution in [0, 0.1) is 6.92 Å². The summed E-state index contributed by atoms with van der Waals surface area (Å²) in [5.41, 5.74) is 3.81. The third kappa shape index (κ3) is 2.12. The predicted molar refractivity (Wildman–Crippen MR) is 71.3 cm³/mol. The molecule has 0 saturated carbocycles. The van der Waals surface area contributed by atoms with E-state index in [2.05, 4.69) is 18.0 Å². The number of hydrogen-bond donors (Lipinski definition) is 0. The van der Waals surface area contributed by atoms with E-state index in [9.17, 15) is 0 Å². The standard InChI is InChI=1S/C14H16N2S/c1-10-7-8-15-9-11(10)14-16-12-5-3-2-4-6-13(12)17-14/h7-9H,2-6H2,1H3. The Morgan fingerprint density at radius 3 is 2.94 bits per heavy atom. The first-order chi connectivity index (χ1) is 8.34. The van der Waals surface area contributed by atoms with Crippen LogP contribution < -0.4 is 0 Å². The molecule has 0 aromatic carbocycles. The fourth-order valence-electron chi connectivity index (χ4n) is 2.33. The van der Waals surface area contributed by atoms with Gasteiger partial charge in [0, 0.05) is 22.8 Å². The second-order valence-corrected chi connectivity index (χ2v) is 5.72. The Balaban J connectivity index is 2.02. The van der Waals surface area contributed by atoms with E-state index in [4.69, 9.17) is 4.98 Å². The van der Waals surface area contributed by atoms with Crippen molar-refractivity contribution in [1.29, 1.82) is 0 Å². The third-order valence-corrected chi connectivity index (χ3v) is 4.56. The van der Waals surface area contributed by atoms with Crippen LogP contribution in [0.4, 0.5) is 0 Å². The lowest BCUT2D eigenvalue weighted by Crippen LogP contribution is -1.87. The Kier molecular flexibility index (Phi) is 2.93. The zero-order valence-electron chi connectivity index (χ0n) is 10.1. The molecule has 0 aliphatic heterocycles. The second-order valence-electron chi connectivity index (χ2n) is 4.64. The van der Waals surface area contributed by atoms with E-state index in [1.165, 1.54) is 47.4 Å². The highest BCUT2D eigenvalue weighted by Gasteiger charge is 2.15. The quantitative estimate of drug-likeness (QED) is 0.713. The molecule has 0 saturated heterocycles. The normalized spacial score (nSPS) is 15.4. The van der Waals surface area contributed by atoms with Gasteiger partial charge in [-0.2, -0.15) is 0 Å². The van der Waals surface area contributed by atoms with E-state index >= 15 is 0 Å². The molecule has 0 unspecified atom stereocenters. The molecule has 2 aromatic heterocycles. The molecule has 3 rings (SSSR count). The van der Waals surface area contributed by atoms with Crippen molar-refractivity contribution in [3.8, 4) is 10.6 Å². The van der Waals surface area contributed by atoms with Crippen LogP contribution in [0.2, 0.25) is 0 Å². The zero-order valence-corrected chi connectivity index (χ0v) is 10.9. The van der Waals surface area contributed by atoms with Crippen LogP contribution >= 0.6 is 11.3 Å². The smallest absolute Gasteiger partial charge is 0.125 e. The molecule has 1 aliphatic carbocycles. The summed E-state index contributed by atoms with van der Waals surface area (Å²) in [5.74, 6) is 0. The number of fused-ring (bicyclic) bond motifs is 1. The van der Waals surface area contributed by atoms with Crippen LogP contribution in [-0.4, -0.2) is 9.97 Å². The average Bonchev–Trinajstić information content (AvgIpc) is 2.61. The SMILES string of the molecule is Cc1ccncc1-c1nc2c(s1)CCCCC2. The van der Waals surface area contributed by atoms with E-state index < -0.39 is 0 Å². The Bertz CT molecular complexity index is 507. The van der Waals surface area contributed by atoms with Gasteiger partial charge in [-0.05, 0) is 44.2 Å². The Labute approximate surface area is 106 Å². The van der Waals surface area contributed by atoms with Crippen LogP contribution in [0.1, 0.15) is 35.4 Å². The van der Waals surface area contributed by atoms with E-state index in [1.807, 2.05) is 23.7 Å². The van der Waals surface area contributed by atoms with Crippen molar-refractivity contribution in [1.82, 2.24) is 9.97 Å². The molecule has 0 atom stereocenters. The van der Waals surface area contributed by atoms with Gasteiger partial charge in [0.05, 0.1) is 5.69 Å². The summed E-state index contributed by atoms with van der Waals surface area (Å²) in [6, 6.07) is 2.06. The molecule has 2 heterocycles. The van der Waals surface area contributed by atoms with Crippen molar-refractivity contribution in [2.24, 2.45) is 0 Å². The maximum atomic E-state index is 4.82. The van der Waals surface area contributed by atoms with Gasteiger partial charge in [0.1, 0.15) is 5.01 Å². The molecule has 0 bridgehead atoms. The van der Waals surface area contributed by atoms with Gasteiger partial charge in [-0.3, -0.25) is 4.98 Å². The average molecular weight is 244 g/mol. The first-order valence-corrected chi connectivity index (χ1v) is 7.06. The molecule has 0 fully saturated rings. The summed E-state index contributed by atoms with van der Waals surface area (Å²) in [7, 11) is 0. The summed E-state index contributed by atoms with van der Waals surface area (Å²) >= 11 is 1.86. The lowest BCUT2D eigenvalue weighted by atomic mass is 10.2. The molecule has 1 aliphatic rings. The van der Waals surface area contributed by atoms with Gasteiger partial charge in [-0.25, -0.2) is 4.98 Å². The monoisotopic (exact) mass is 244 g/mol. The first kappa shape index (κ1) is 10.9. The number of hydrogen-bond acceptors (Lipinski definition) is 3. The van der Waals surface area contributed by atoms with Crippen molar-refractivity contribution >= 4 is 11.3 Å². The van der Waals surface area contributed by atoms with E-state index in [-0.39, 0.29) is 0 Å². The molecular weight excluding hydrogens is 228 g/mol. The van der Waals surface area contributed by atoms with Gasteiger partial charge in [0.25, 0.3) is 0 Å². The fourth-order valence-corrected chi connectivity index (χ4v) is 3.56. The van der Waals surface area contributed by atoms with Crippen LogP contribution in [0.25, 0.3) is 10.6 Å². The van der Waals surface area contributed by atoms with Crippen LogP contribution in [0.3, 0.4) is 0 Å². The van der Waals surface area contributed by atoms with Crippen molar-refractivity contribution in [3.05, 3.63) is 34.6 Å².